The van der Waals surface area contributed by atoms with Gasteiger partial charge in [0.2, 0.25) is 11.8 Å². The molecule has 1 aromatic carbocycles. The Morgan fingerprint density at radius 3 is 2.59 bits per heavy atom. The minimum atomic E-state index is -4.79. The molecule has 0 aliphatic heterocycles. The Morgan fingerprint density at radius 1 is 1.33 bits per heavy atom. The summed E-state index contributed by atoms with van der Waals surface area (Å²) in [4.78, 5) is 27.7. The molecule has 1 heterocycles. The molecule has 0 unspecified atom stereocenters. The monoisotopic (exact) mass is 426 g/mol. The predicted molar refractivity (Wildman–Crippen MR) is 98.0 cm³/mol. The van der Waals surface area contributed by atoms with Gasteiger partial charge in [0.1, 0.15) is 5.75 Å². The Balaban J connectivity index is 0.00000364. The van der Waals surface area contributed by atoms with E-state index in [9.17, 15) is 22.8 Å². The van der Waals surface area contributed by atoms with Crippen molar-refractivity contribution in [1.29, 1.82) is 0 Å². The number of nitrogens with one attached hydrogen (secondary N) is 2. The van der Waals surface area contributed by atoms with Gasteiger partial charge in [0, 0.05) is 6.07 Å². The average Bonchev–Trinajstić information content (AvgIpc) is 2.91. The first-order valence-corrected chi connectivity index (χ1v) is 8.36. The van der Waals surface area contributed by atoms with Gasteiger partial charge in [0.15, 0.2) is 5.13 Å². The van der Waals surface area contributed by atoms with Crippen LogP contribution in [0.15, 0.2) is 18.2 Å². The highest BCUT2D eigenvalue weighted by Gasteiger charge is 2.31. The summed E-state index contributed by atoms with van der Waals surface area (Å²) in [5.41, 5.74) is 6.07. The van der Waals surface area contributed by atoms with Gasteiger partial charge in [-0.1, -0.05) is 25.2 Å². The van der Waals surface area contributed by atoms with Gasteiger partial charge in [-0.25, -0.2) is 4.98 Å². The number of nitrogens with two attached hydrogens (primary N) is 1. The molecule has 1 aromatic heterocycles. The molecule has 0 saturated heterocycles. The number of carbonyl (C=O) groups is 2. The van der Waals surface area contributed by atoms with E-state index in [1.807, 2.05) is 0 Å². The molecule has 0 aliphatic rings. The highest BCUT2D eigenvalue weighted by molar-refractivity contribution is 7.22. The van der Waals surface area contributed by atoms with E-state index in [-0.39, 0.29) is 35.8 Å². The molecule has 0 fully saturated rings. The second-order valence-corrected chi connectivity index (χ2v) is 6.76. The van der Waals surface area contributed by atoms with Gasteiger partial charge in [-0.3, -0.25) is 9.59 Å². The maximum Gasteiger partial charge on any atom is 0.573 e. The highest BCUT2D eigenvalue weighted by Crippen LogP contribution is 2.31. The Morgan fingerprint density at radius 2 is 2.00 bits per heavy atom. The Hall–Kier alpha value is -2.11. The molecule has 2 rings (SSSR count). The third-order valence-corrected chi connectivity index (χ3v) is 4.22. The van der Waals surface area contributed by atoms with Crippen LogP contribution in [-0.4, -0.2) is 35.7 Å². The van der Waals surface area contributed by atoms with Crippen molar-refractivity contribution in [2.75, 3.05) is 11.9 Å². The maximum atomic E-state index is 12.2. The average molecular weight is 427 g/mol. The number of fused-ring (bicyclic) bond motifs is 1. The summed E-state index contributed by atoms with van der Waals surface area (Å²) in [5.74, 6) is -1.43. The molecule has 0 radical (unpaired) electrons. The number of nitrogens with zero attached hydrogens (tertiary/aromatic N) is 1. The van der Waals surface area contributed by atoms with Crippen molar-refractivity contribution in [3.05, 3.63) is 18.2 Å². The summed E-state index contributed by atoms with van der Waals surface area (Å²) in [5, 5.41) is 5.07. The molecule has 7 nitrogen and oxygen atoms in total. The number of hydrogen-bond donors (Lipinski definition) is 3. The van der Waals surface area contributed by atoms with Crippen LogP contribution in [0.5, 0.6) is 5.75 Å². The molecule has 0 aliphatic carbocycles. The lowest BCUT2D eigenvalue weighted by Crippen LogP contribution is -2.46. The van der Waals surface area contributed by atoms with Crippen LogP contribution in [-0.2, 0) is 9.59 Å². The number of rotatable bonds is 6. The number of thiazole rings is 1. The molecule has 150 valence electrons. The van der Waals surface area contributed by atoms with Crippen molar-refractivity contribution in [3.8, 4) is 5.75 Å². The molecule has 0 spiro atoms. The van der Waals surface area contributed by atoms with Crippen molar-refractivity contribution in [1.82, 2.24) is 10.3 Å². The summed E-state index contributed by atoms with van der Waals surface area (Å²) >= 11 is 0.983. The number of alkyl halides is 3. The van der Waals surface area contributed by atoms with Crippen LogP contribution in [0.25, 0.3) is 10.2 Å². The normalized spacial score (nSPS) is 12.4. The van der Waals surface area contributed by atoms with Gasteiger partial charge in [0.05, 0.1) is 22.8 Å². The third kappa shape index (κ3) is 6.85. The fourth-order valence-electron chi connectivity index (χ4n) is 1.91. The zero-order chi connectivity index (χ0) is 19.5. The number of benzene rings is 1. The largest absolute Gasteiger partial charge is 0.573 e. The van der Waals surface area contributed by atoms with Gasteiger partial charge < -0.3 is 21.1 Å². The molecule has 27 heavy (non-hydrogen) atoms. The van der Waals surface area contributed by atoms with E-state index in [1.54, 1.807) is 13.8 Å². The molecule has 0 saturated carbocycles. The fourth-order valence-corrected chi connectivity index (χ4v) is 2.82. The summed E-state index contributed by atoms with van der Waals surface area (Å²) in [6, 6.07) is 2.94. The van der Waals surface area contributed by atoms with Crippen LogP contribution in [0.4, 0.5) is 18.3 Å². The Bertz CT molecular complexity index is 813. The summed E-state index contributed by atoms with van der Waals surface area (Å²) < 4.78 is 41.0. The van der Waals surface area contributed by atoms with Crippen molar-refractivity contribution in [2.45, 2.75) is 26.3 Å². The van der Waals surface area contributed by atoms with Crippen LogP contribution in [0.1, 0.15) is 13.8 Å². The minimum absolute atomic E-state index is 0. The van der Waals surface area contributed by atoms with E-state index >= 15 is 0 Å². The lowest BCUT2D eigenvalue weighted by molar-refractivity contribution is -0.274. The zero-order valence-electron chi connectivity index (χ0n) is 14.3. The number of aromatic nitrogens is 1. The first-order chi connectivity index (χ1) is 12.0. The number of ether oxygens (including phenoxy) is 1. The first kappa shape index (κ1) is 22.9. The molecule has 0 bridgehead atoms. The standard InChI is InChI=1S/C15H17F3N4O3S.ClH/c1-7(2)12(19)13(24)20-6-11(23)22-14-21-9-4-3-8(5-10(9)26-14)25-15(16,17)18;/h3-5,7,12H,6,19H2,1-2H3,(H,20,24)(H,21,22,23);1H/t12-;/m0./s1. The SMILES string of the molecule is CC(C)[C@H](N)C(=O)NCC(=O)Nc1nc2ccc(OC(F)(F)F)cc2s1.Cl. The summed E-state index contributed by atoms with van der Waals surface area (Å²) in [6.07, 6.45) is -4.79. The number of anilines is 1. The van der Waals surface area contributed by atoms with Crippen molar-refractivity contribution in [3.63, 3.8) is 0 Å². The molecule has 2 aromatic rings. The molecule has 1 atom stereocenters. The number of halogens is 4. The van der Waals surface area contributed by atoms with Gasteiger partial charge in [-0.05, 0) is 18.1 Å². The summed E-state index contributed by atoms with van der Waals surface area (Å²) in [6.45, 7) is 3.27. The van der Waals surface area contributed by atoms with E-state index in [0.717, 1.165) is 17.4 Å². The van der Waals surface area contributed by atoms with Crippen LogP contribution in [0, 0.1) is 5.92 Å². The fraction of sp³-hybridized carbons (Fsp3) is 0.400. The topological polar surface area (TPSA) is 106 Å². The third-order valence-electron chi connectivity index (χ3n) is 3.28. The van der Waals surface area contributed by atoms with E-state index in [4.69, 9.17) is 5.73 Å². The molecular formula is C15H18ClF3N4O3S. The minimum Gasteiger partial charge on any atom is -0.406 e. The highest BCUT2D eigenvalue weighted by atomic mass is 35.5. The molecular weight excluding hydrogens is 409 g/mol. The van der Waals surface area contributed by atoms with Crippen LogP contribution in [0.2, 0.25) is 0 Å². The van der Waals surface area contributed by atoms with Gasteiger partial charge in [-0.2, -0.15) is 0 Å². The van der Waals surface area contributed by atoms with Crippen LogP contribution < -0.4 is 21.1 Å². The van der Waals surface area contributed by atoms with Crippen molar-refractivity contribution in [2.24, 2.45) is 11.7 Å². The van der Waals surface area contributed by atoms with E-state index in [2.05, 4.69) is 20.4 Å². The molecule has 4 N–H and O–H groups in total. The number of carbonyl (C=O) groups excluding carboxylic acids is 2. The summed E-state index contributed by atoms with van der Waals surface area (Å²) in [7, 11) is 0. The Kier molecular flexibility index (Phi) is 7.81. The van der Waals surface area contributed by atoms with Crippen molar-refractivity contribution < 1.29 is 27.5 Å². The van der Waals surface area contributed by atoms with E-state index in [1.165, 1.54) is 12.1 Å². The van der Waals surface area contributed by atoms with Crippen molar-refractivity contribution >= 4 is 50.9 Å². The van der Waals surface area contributed by atoms with Gasteiger partial charge in [-0.15, -0.1) is 25.6 Å². The van der Waals surface area contributed by atoms with E-state index in [0.29, 0.717) is 10.2 Å². The second kappa shape index (κ2) is 9.20. The Labute approximate surface area is 162 Å². The first-order valence-electron chi connectivity index (χ1n) is 7.54. The zero-order valence-corrected chi connectivity index (χ0v) is 15.9. The molecule has 2 amide bonds. The smallest absolute Gasteiger partial charge is 0.406 e. The molecule has 12 heteroatoms. The predicted octanol–water partition coefficient (Wildman–Crippen LogP) is 2.65. The van der Waals surface area contributed by atoms with Crippen LogP contribution in [0.3, 0.4) is 0 Å². The lowest BCUT2D eigenvalue weighted by Gasteiger charge is -2.14. The lowest BCUT2D eigenvalue weighted by atomic mass is 10.1. The van der Waals surface area contributed by atoms with E-state index < -0.39 is 24.2 Å². The maximum absolute atomic E-state index is 12.2. The number of hydrogen-bond acceptors (Lipinski definition) is 6. The number of amides is 2. The quantitative estimate of drug-likeness (QED) is 0.658. The second-order valence-electron chi connectivity index (χ2n) is 5.73. The van der Waals surface area contributed by atoms with Crippen LogP contribution >= 0.6 is 23.7 Å². The van der Waals surface area contributed by atoms with Gasteiger partial charge >= 0.3 is 6.36 Å². The van der Waals surface area contributed by atoms with Gasteiger partial charge in [0.25, 0.3) is 0 Å².